The van der Waals surface area contributed by atoms with Crippen LogP contribution in [0.3, 0.4) is 0 Å². The Labute approximate surface area is 138 Å². The highest BCUT2D eigenvalue weighted by atomic mass is 16.4. The first-order valence-electron chi connectivity index (χ1n) is 7.16. The highest BCUT2D eigenvalue weighted by molar-refractivity contribution is 6.07. The molecule has 0 atom stereocenters. The molecule has 3 aromatic rings. The van der Waals surface area contributed by atoms with Crippen molar-refractivity contribution in [2.24, 2.45) is 0 Å². The number of hydrogen-bond donors (Lipinski definition) is 2. The average molecular weight is 316 g/mol. The largest absolute Gasteiger partial charge is 0.478 e. The van der Waals surface area contributed by atoms with Crippen molar-refractivity contribution in [1.29, 1.82) is 0 Å². The zero-order valence-electron chi connectivity index (χ0n) is 12.5. The maximum atomic E-state index is 11.4. The van der Waals surface area contributed by atoms with Crippen molar-refractivity contribution in [2.45, 2.75) is 0 Å². The van der Waals surface area contributed by atoms with Crippen LogP contribution in [0, 0.1) is 11.8 Å². The third-order valence-electron chi connectivity index (χ3n) is 3.61. The highest BCUT2D eigenvalue weighted by Gasteiger charge is 2.13. The average Bonchev–Trinajstić information content (AvgIpc) is 2.59. The molecule has 0 aromatic heterocycles. The second kappa shape index (κ2) is 6.27. The first-order chi connectivity index (χ1) is 11.6. The number of aromatic carboxylic acids is 2. The standard InChI is InChI=1S/C20H12O4/c21-19(22)15-9-10-16-17(20(23)24)11-8-14(18(16)12-15)7-6-13-4-2-1-3-5-13/h1-5,8-12H,(H,21,22)(H,23,24). The van der Waals surface area contributed by atoms with Crippen LogP contribution in [0.15, 0.2) is 60.7 Å². The van der Waals surface area contributed by atoms with Gasteiger partial charge in [0.15, 0.2) is 0 Å². The van der Waals surface area contributed by atoms with Gasteiger partial charge in [0.05, 0.1) is 11.1 Å². The van der Waals surface area contributed by atoms with E-state index < -0.39 is 11.9 Å². The summed E-state index contributed by atoms with van der Waals surface area (Å²) in [7, 11) is 0. The van der Waals surface area contributed by atoms with Crippen LogP contribution in [0.2, 0.25) is 0 Å². The van der Waals surface area contributed by atoms with Crippen LogP contribution in [0.25, 0.3) is 10.8 Å². The quantitative estimate of drug-likeness (QED) is 0.708. The molecule has 4 nitrogen and oxygen atoms in total. The molecule has 0 radical (unpaired) electrons. The van der Waals surface area contributed by atoms with Gasteiger partial charge in [-0.25, -0.2) is 9.59 Å². The molecule has 0 saturated heterocycles. The smallest absolute Gasteiger partial charge is 0.336 e. The number of fused-ring (bicyclic) bond motifs is 1. The second-order valence-electron chi connectivity index (χ2n) is 5.15. The molecule has 3 rings (SSSR count). The van der Waals surface area contributed by atoms with Crippen LogP contribution < -0.4 is 0 Å². The third kappa shape index (κ3) is 2.96. The molecule has 24 heavy (non-hydrogen) atoms. The van der Waals surface area contributed by atoms with Crippen LogP contribution in [-0.2, 0) is 0 Å². The molecule has 0 saturated carbocycles. The third-order valence-corrected chi connectivity index (χ3v) is 3.61. The molecule has 2 N–H and O–H groups in total. The maximum Gasteiger partial charge on any atom is 0.336 e. The maximum absolute atomic E-state index is 11.4. The van der Waals surface area contributed by atoms with Gasteiger partial charge in [0.25, 0.3) is 0 Å². The van der Waals surface area contributed by atoms with E-state index in [-0.39, 0.29) is 11.1 Å². The van der Waals surface area contributed by atoms with Gasteiger partial charge < -0.3 is 10.2 Å². The number of carboxylic acid groups (broad SMARTS) is 2. The minimum absolute atomic E-state index is 0.0906. The molecule has 0 amide bonds. The Bertz CT molecular complexity index is 1010. The number of hydrogen-bond acceptors (Lipinski definition) is 2. The van der Waals surface area contributed by atoms with E-state index in [2.05, 4.69) is 11.8 Å². The van der Waals surface area contributed by atoms with Gasteiger partial charge in [-0.15, -0.1) is 0 Å². The van der Waals surface area contributed by atoms with E-state index >= 15 is 0 Å². The van der Waals surface area contributed by atoms with Crippen LogP contribution in [0.4, 0.5) is 0 Å². The number of carbonyl (C=O) groups is 2. The van der Waals surface area contributed by atoms with Gasteiger partial charge in [-0.1, -0.05) is 36.1 Å². The molecule has 0 heterocycles. The van der Waals surface area contributed by atoms with Crippen molar-refractivity contribution < 1.29 is 19.8 Å². The Hall–Kier alpha value is -3.58. The number of carboxylic acids is 2. The van der Waals surface area contributed by atoms with Gasteiger partial charge in [-0.2, -0.15) is 0 Å². The van der Waals surface area contributed by atoms with Crippen molar-refractivity contribution >= 4 is 22.7 Å². The SMILES string of the molecule is O=C(O)c1ccc2c(C(=O)O)ccc(C#Cc3ccccc3)c2c1. The normalized spacial score (nSPS) is 10.0. The van der Waals surface area contributed by atoms with Crippen molar-refractivity contribution in [3.05, 3.63) is 82.9 Å². The van der Waals surface area contributed by atoms with E-state index in [0.717, 1.165) is 5.56 Å². The van der Waals surface area contributed by atoms with E-state index in [1.807, 2.05) is 30.3 Å². The first kappa shape index (κ1) is 15.3. The summed E-state index contributed by atoms with van der Waals surface area (Å²) in [5.41, 5.74) is 1.62. The van der Waals surface area contributed by atoms with Crippen molar-refractivity contribution in [1.82, 2.24) is 0 Å². The first-order valence-corrected chi connectivity index (χ1v) is 7.16. The monoisotopic (exact) mass is 316 g/mol. The Balaban J connectivity index is 2.22. The summed E-state index contributed by atoms with van der Waals surface area (Å²) in [6.45, 7) is 0. The summed E-state index contributed by atoms with van der Waals surface area (Å²) in [5, 5.41) is 19.5. The van der Waals surface area contributed by atoms with E-state index in [1.165, 1.54) is 24.3 Å². The minimum atomic E-state index is -1.07. The van der Waals surface area contributed by atoms with Gasteiger partial charge in [0.1, 0.15) is 0 Å². The molecule has 0 unspecified atom stereocenters. The molecule has 0 aliphatic rings. The topological polar surface area (TPSA) is 74.6 Å². The van der Waals surface area contributed by atoms with E-state index in [9.17, 15) is 14.7 Å². The van der Waals surface area contributed by atoms with Gasteiger partial charge >= 0.3 is 11.9 Å². The Morgan fingerprint density at radius 1 is 0.750 bits per heavy atom. The molecule has 0 aliphatic heterocycles. The molecular formula is C20H12O4. The van der Waals surface area contributed by atoms with Gasteiger partial charge in [0.2, 0.25) is 0 Å². The summed E-state index contributed by atoms with van der Waals surface area (Å²) >= 11 is 0. The lowest BCUT2D eigenvalue weighted by atomic mass is 9.97. The van der Waals surface area contributed by atoms with E-state index in [0.29, 0.717) is 16.3 Å². The highest BCUT2D eigenvalue weighted by Crippen LogP contribution is 2.24. The summed E-state index contributed by atoms with van der Waals surface area (Å²) in [4.78, 5) is 22.6. The lowest BCUT2D eigenvalue weighted by Gasteiger charge is -2.06. The lowest BCUT2D eigenvalue weighted by Crippen LogP contribution is -2.01. The fourth-order valence-electron chi connectivity index (χ4n) is 2.44. The molecule has 116 valence electrons. The predicted molar refractivity (Wildman–Crippen MR) is 90.3 cm³/mol. The number of benzene rings is 3. The van der Waals surface area contributed by atoms with Crippen molar-refractivity contribution in [2.75, 3.05) is 0 Å². The minimum Gasteiger partial charge on any atom is -0.478 e. The molecular weight excluding hydrogens is 304 g/mol. The zero-order valence-corrected chi connectivity index (χ0v) is 12.5. The molecule has 0 bridgehead atoms. The van der Waals surface area contributed by atoms with Crippen LogP contribution in [0.5, 0.6) is 0 Å². The second-order valence-corrected chi connectivity index (χ2v) is 5.15. The summed E-state index contributed by atoms with van der Waals surface area (Å²) in [6, 6.07) is 16.8. The molecule has 0 aliphatic carbocycles. The van der Waals surface area contributed by atoms with Gasteiger partial charge in [-0.05, 0) is 47.2 Å². The molecule has 0 fully saturated rings. The molecule has 4 heteroatoms. The summed E-state index contributed by atoms with van der Waals surface area (Å²) in [5.74, 6) is 3.87. The van der Waals surface area contributed by atoms with Crippen molar-refractivity contribution in [3.63, 3.8) is 0 Å². The summed E-state index contributed by atoms with van der Waals surface area (Å²) in [6.07, 6.45) is 0. The lowest BCUT2D eigenvalue weighted by molar-refractivity contribution is 0.0688. The number of rotatable bonds is 2. The van der Waals surface area contributed by atoms with Gasteiger partial charge in [0, 0.05) is 11.1 Å². The van der Waals surface area contributed by atoms with Crippen LogP contribution >= 0.6 is 0 Å². The van der Waals surface area contributed by atoms with E-state index in [4.69, 9.17) is 5.11 Å². The van der Waals surface area contributed by atoms with Gasteiger partial charge in [-0.3, -0.25) is 0 Å². The Morgan fingerprint density at radius 2 is 1.50 bits per heavy atom. The van der Waals surface area contributed by atoms with E-state index in [1.54, 1.807) is 6.07 Å². The molecule has 0 spiro atoms. The zero-order chi connectivity index (χ0) is 17.1. The predicted octanol–water partition coefficient (Wildman–Crippen LogP) is 3.64. The molecule has 3 aromatic carbocycles. The Kier molecular flexibility index (Phi) is 4.00. The fourth-order valence-corrected chi connectivity index (χ4v) is 2.44. The Morgan fingerprint density at radius 3 is 2.17 bits per heavy atom. The van der Waals surface area contributed by atoms with Crippen molar-refractivity contribution in [3.8, 4) is 11.8 Å². The van der Waals surface area contributed by atoms with Crippen LogP contribution in [0.1, 0.15) is 31.8 Å². The van der Waals surface area contributed by atoms with Crippen LogP contribution in [-0.4, -0.2) is 22.2 Å². The fraction of sp³-hybridized carbons (Fsp3) is 0. The summed E-state index contributed by atoms with van der Waals surface area (Å²) < 4.78 is 0.